The Morgan fingerprint density at radius 3 is 2.45 bits per heavy atom. The molecular formula is C23H26F2N6. The maximum Gasteiger partial charge on any atom is 0.194 e. The van der Waals surface area contributed by atoms with Crippen molar-refractivity contribution in [1.29, 1.82) is 0 Å². The number of hydrogen-bond donors (Lipinski definition) is 1. The molecule has 0 saturated carbocycles. The highest BCUT2D eigenvalue weighted by Crippen LogP contribution is 2.22. The number of anilines is 1. The van der Waals surface area contributed by atoms with Gasteiger partial charge in [-0.2, -0.15) is 0 Å². The maximum atomic E-state index is 14.1. The van der Waals surface area contributed by atoms with Crippen LogP contribution in [0.2, 0.25) is 0 Å². The monoisotopic (exact) mass is 424 g/mol. The molecular weight excluding hydrogens is 398 g/mol. The van der Waals surface area contributed by atoms with Crippen LogP contribution in [0.15, 0.2) is 66.2 Å². The van der Waals surface area contributed by atoms with Crippen LogP contribution in [0, 0.1) is 11.6 Å². The van der Waals surface area contributed by atoms with Gasteiger partial charge >= 0.3 is 0 Å². The molecule has 1 saturated heterocycles. The van der Waals surface area contributed by atoms with Crippen LogP contribution in [0.3, 0.4) is 0 Å². The van der Waals surface area contributed by atoms with E-state index in [1.165, 1.54) is 17.7 Å². The van der Waals surface area contributed by atoms with E-state index in [4.69, 9.17) is 0 Å². The molecule has 0 amide bonds. The smallest absolute Gasteiger partial charge is 0.194 e. The number of aromatic nitrogens is 2. The Morgan fingerprint density at radius 1 is 1.03 bits per heavy atom. The van der Waals surface area contributed by atoms with Crippen LogP contribution in [-0.2, 0) is 13.1 Å². The lowest BCUT2D eigenvalue weighted by Gasteiger charge is -2.37. The Bertz CT molecular complexity index is 1010. The van der Waals surface area contributed by atoms with Gasteiger partial charge in [-0.15, -0.1) is 0 Å². The minimum atomic E-state index is -0.424. The minimum absolute atomic E-state index is 0.318. The normalized spacial score (nSPS) is 14.7. The van der Waals surface area contributed by atoms with E-state index in [1.807, 2.05) is 22.0 Å². The Kier molecular flexibility index (Phi) is 6.45. The lowest BCUT2D eigenvalue weighted by molar-refractivity contribution is 0.370. The third-order valence-electron chi connectivity index (χ3n) is 5.44. The molecule has 6 nitrogen and oxygen atoms in total. The fourth-order valence-corrected chi connectivity index (χ4v) is 3.75. The average molecular weight is 424 g/mol. The van der Waals surface area contributed by atoms with Crippen LogP contribution >= 0.6 is 0 Å². The predicted molar refractivity (Wildman–Crippen MR) is 118 cm³/mol. The Balaban J connectivity index is 1.29. The quantitative estimate of drug-likeness (QED) is 0.505. The van der Waals surface area contributed by atoms with E-state index in [9.17, 15) is 8.78 Å². The van der Waals surface area contributed by atoms with Crippen molar-refractivity contribution in [1.82, 2.24) is 19.8 Å². The zero-order valence-corrected chi connectivity index (χ0v) is 17.5. The van der Waals surface area contributed by atoms with Gasteiger partial charge in [-0.25, -0.2) is 13.8 Å². The van der Waals surface area contributed by atoms with Crippen molar-refractivity contribution >= 4 is 11.6 Å². The molecule has 4 rings (SSSR count). The molecule has 2 aromatic carbocycles. The van der Waals surface area contributed by atoms with Crippen molar-refractivity contribution in [3.8, 4) is 0 Å². The molecule has 31 heavy (non-hydrogen) atoms. The van der Waals surface area contributed by atoms with Crippen molar-refractivity contribution in [2.75, 3.05) is 38.1 Å². The molecule has 1 aliphatic heterocycles. The van der Waals surface area contributed by atoms with Crippen molar-refractivity contribution in [2.45, 2.75) is 13.1 Å². The largest absolute Gasteiger partial charge is 0.366 e. The second-order valence-corrected chi connectivity index (χ2v) is 7.52. The van der Waals surface area contributed by atoms with E-state index < -0.39 is 11.6 Å². The summed E-state index contributed by atoms with van der Waals surface area (Å²) < 4.78 is 29.6. The molecule has 1 aliphatic rings. The second kappa shape index (κ2) is 9.59. The van der Waals surface area contributed by atoms with Crippen LogP contribution in [-0.4, -0.2) is 53.6 Å². The number of nitrogens with zero attached hydrogens (tertiary/aromatic N) is 5. The lowest BCUT2D eigenvalue weighted by Crippen LogP contribution is -2.52. The number of benzene rings is 2. The number of piperazine rings is 1. The average Bonchev–Trinajstić information content (AvgIpc) is 3.30. The summed E-state index contributed by atoms with van der Waals surface area (Å²) >= 11 is 0. The van der Waals surface area contributed by atoms with Gasteiger partial charge in [0, 0.05) is 64.8 Å². The number of halogens is 2. The van der Waals surface area contributed by atoms with Gasteiger partial charge in [0.2, 0.25) is 0 Å². The van der Waals surface area contributed by atoms with E-state index in [1.54, 1.807) is 13.2 Å². The number of aliphatic imine (C=N–C) groups is 1. The summed E-state index contributed by atoms with van der Waals surface area (Å²) in [4.78, 5) is 12.5. The standard InChI is InChI=1S/C23H26F2N6/c1-26-23(28-15-18-2-4-19(5-3-18)16-29-9-8-27-17-29)31-12-10-30(11-13-31)22-14-20(24)6-7-21(22)25/h2-9,14,17H,10-13,15-16H2,1H3,(H,26,28). The SMILES string of the molecule is CN=C(NCc1ccc(Cn2ccnc2)cc1)N1CCN(c2cc(F)ccc2F)CC1. The Labute approximate surface area is 180 Å². The molecule has 0 bridgehead atoms. The van der Waals surface area contributed by atoms with E-state index in [2.05, 4.69) is 44.5 Å². The first-order valence-corrected chi connectivity index (χ1v) is 10.3. The van der Waals surface area contributed by atoms with Crippen molar-refractivity contribution < 1.29 is 8.78 Å². The Hall–Kier alpha value is -3.42. The predicted octanol–water partition coefficient (Wildman–Crippen LogP) is 3.11. The van der Waals surface area contributed by atoms with Crippen LogP contribution in [0.1, 0.15) is 11.1 Å². The number of hydrogen-bond acceptors (Lipinski definition) is 3. The van der Waals surface area contributed by atoms with Gasteiger partial charge in [0.1, 0.15) is 11.6 Å². The molecule has 0 radical (unpaired) electrons. The molecule has 8 heteroatoms. The van der Waals surface area contributed by atoms with E-state index in [0.717, 1.165) is 24.1 Å². The molecule has 0 unspecified atom stereocenters. The molecule has 0 aliphatic carbocycles. The molecule has 0 spiro atoms. The van der Waals surface area contributed by atoms with Crippen LogP contribution in [0.25, 0.3) is 0 Å². The summed E-state index contributed by atoms with van der Waals surface area (Å²) in [7, 11) is 1.76. The zero-order valence-electron chi connectivity index (χ0n) is 17.5. The number of imidazole rings is 1. The molecule has 2 heterocycles. The molecule has 1 fully saturated rings. The summed E-state index contributed by atoms with van der Waals surface area (Å²) in [6.45, 7) is 4.02. The number of nitrogens with one attached hydrogen (secondary N) is 1. The lowest BCUT2D eigenvalue weighted by atomic mass is 10.1. The minimum Gasteiger partial charge on any atom is -0.366 e. The molecule has 1 aromatic heterocycles. The number of rotatable bonds is 5. The van der Waals surface area contributed by atoms with E-state index in [0.29, 0.717) is 38.4 Å². The third kappa shape index (κ3) is 5.20. The van der Waals surface area contributed by atoms with Crippen molar-refractivity contribution in [3.63, 3.8) is 0 Å². The van der Waals surface area contributed by atoms with Gasteiger partial charge < -0.3 is 19.7 Å². The third-order valence-corrected chi connectivity index (χ3v) is 5.44. The van der Waals surface area contributed by atoms with Gasteiger partial charge in [0.15, 0.2) is 5.96 Å². The topological polar surface area (TPSA) is 48.7 Å². The van der Waals surface area contributed by atoms with Crippen LogP contribution in [0.4, 0.5) is 14.5 Å². The second-order valence-electron chi connectivity index (χ2n) is 7.52. The fourth-order valence-electron chi connectivity index (χ4n) is 3.75. The zero-order chi connectivity index (χ0) is 21.6. The highest BCUT2D eigenvalue weighted by Gasteiger charge is 2.22. The molecule has 0 atom stereocenters. The first-order chi connectivity index (χ1) is 15.1. The van der Waals surface area contributed by atoms with Gasteiger partial charge in [-0.3, -0.25) is 4.99 Å². The highest BCUT2D eigenvalue weighted by molar-refractivity contribution is 5.80. The maximum absolute atomic E-state index is 14.1. The van der Waals surface area contributed by atoms with E-state index >= 15 is 0 Å². The first kappa shape index (κ1) is 20.8. The summed E-state index contributed by atoms with van der Waals surface area (Å²) in [5.41, 5.74) is 2.70. The van der Waals surface area contributed by atoms with Crippen molar-refractivity contribution in [2.24, 2.45) is 4.99 Å². The summed E-state index contributed by atoms with van der Waals surface area (Å²) in [5, 5.41) is 3.40. The van der Waals surface area contributed by atoms with Crippen LogP contribution < -0.4 is 10.2 Å². The molecule has 1 N–H and O–H groups in total. The summed E-state index contributed by atoms with van der Waals surface area (Å²) in [6, 6.07) is 12.0. The van der Waals surface area contributed by atoms with Gasteiger partial charge in [0.05, 0.1) is 12.0 Å². The van der Waals surface area contributed by atoms with Gasteiger partial charge in [0.25, 0.3) is 0 Å². The molecule has 3 aromatic rings. The van der Waals surface area contributed by atoms with Crippen LogP contribution in [0.5, 0.6) is 0 Å². The fraction of sp³-hybridized carbons (Fsp3) is 0.304. The first-order valence-electron chi connectivity index (χ1n) is 10.3. The highest BCUT2D eigenvalue weighted by atomic mass is 19.1. The molecule has 162 valence electrons. The summed E-state index contributed by atoms with van der Waals surface area (Å²) in [5.74, 6) is -0.0111. The van der Waals surface area contributed by atoms with E-state index in [-0.39, 0.29) is 0 Å². The van der Waals surface area contributed by atoms with Gasteiger partial charge in [-0.1, -0.05) is 24.3 Å². The van der Waals surface area contributed by atoms with Crippen molar-refractivity contribution in [3.05, 3.63) is 83.9 Å². The number of guanidine groups is 1. The summed E-state index contributed by atoms with van der Waals surface area (Å²) in [6.07, 6.45) is 5.53. The van der Waals surface area contributed by atoms with Gasteiger partial charge in [-0.05, 0) is 23.3 Å². The Morgan fingerprint density at radius 2 is 1.77 bits per heavy atom.